The molecule has 2 amide bonds. The Bertz CT molecular complexity index is 732. The Kier molecular flexibility index (Phi) is 6.09. The number of carbonyl (C=O) groups excluding carboxylic acids is 2. The summed E-state index contributed by atoms with van der Waals surface area (Å²) in [7, 11) is 0. The van der Waals surface area contributed by atoms with Gasteiger partial charge in [-0.1, -0.05) is 12.5 Å². The summed E-state index contributed by atoms with van der Waals surface area (Å²) in [6, 6.07) is 7.65. The lowest BCUT2D eigenvalue weighted by Gasteiger charge is -2.43. The van der Waals surface area contributed by atoms with Crippen molar-refractivity contribution >= 4 is 23.2 Å². The van der Waals surface area contributed by atoms with Gasteiger partial charge < -0.3 is 21.3 Å². The first-order valence-electron chi connectivity index (χ1n) is 11.2. The fraction of sp³-hybridized carbons (Fsp3) is 0.652. The summed E-state index contributed by atoms with van der Waals surface area (Å²) >= 11 is 0. The van der Waals surface area contributed by atoms with Crippen molar-refractivity contribution in [3.05, 3.63) is 24.3 Å². The van der Waals surface area contributed by atoms with Crippen LogP contribution in [0.5, 0.6) is 0 Å². The smallest absolute Gasteiger partial charge is 0.246 e. The lowest BCUT2D eigenvalue weighted by Crippen LogP contribution is -2.51. The number of rotatable bonds is 5. The van der Waals surface area contributed by atoms with Crippen molar-refractivity contribution in [1.29, 1.82) is 0 Å². The summed E-state index contributed by atoms with van der Waals surface area (Å²) in [5.41, 5.74) is 8.26. The normalized spacial score (nSPS) is 29.9. The molecule has 2 bridgehead atoms. The molecule has 4 rings (SSSR count). The molecule has 1 heterocycles. The fourth-order valence-corrected chi connectivity index (χ4v) is 5.41. The second kappa shape index (κ2) is 8.74. The molecule has 0 radical (unpaired) electrons. The highest BCUT2D eigenvalue weighted by Gasteiger charge is 2.40. The van der Waals surface area contributed by atoms with Crippen molar-refractivity contribution in [3.63, 3.8) is 0 Å². The molecular weight excluding hydrogens is 364 g/mol. The molecule has 0 aromatic heterocycles. The van der Waals surface area contributed by atoms with Gasteiger partial charge in [-0.05, 0) is 75.5 Å². The van der Waals surface area contributed by atoms with Crippen molar-refractivity contribution in [3.8, 4) is 0 Å². The number of carbonyl (C=O) groups is 2. The van der Waals surface area contributed by atoms with Crippen LogP contribution in [0.1, 0.15) is 51.9 Å². The van der Waals surface area contributed by atoms with Crippen LogP contribution in [0.2, 0.25) is 0 Å². The Balaban J connectivity index is 1.31. The standard InChI is InChI=1S/C23H34N4O2/c1-15(25-23(29)18-12-16-6-4-7-17(13-18)21(16)24)22(28)26-19-8-5-9-20(14-19)27-10-2-3-11-27/h5,8-9,14-18,21H,2-4,6-7,10-13,24H2,1H3,(H,25,29)(H,26,28). The van der Waals surface area contributed by atoms with Crippen LogP contribution < -0.4 is 21.3 Å². The molecule has 2 saturated carbocycles. The summed E-state index contributed by atoms with van der Waals surface area (Å²) in [5, 5.41) is 5.90. The number of hydrogen-bond acceptors (Lipinski definition) is 4. The van der Waals surface area contributed by atoms with E-state index in [0.717, 1.165) is 50.1 Å². The number of fused-ring (bicyclic) bond motifs is 2. The predicted octanol–water partition coefficient (Wildman–Crippen LogP) is 2.88. The van der Waals surface area contributed by atoms with Gasteiger partial charge >= 0.3 is 0 Å². The first-order chi connectivity index (χ1) is 14.0. The maximum absolute atomic E-state index is 12.8. The van der Waals surface area contributed by atoms with Crippen LogP contribution in [-0.2, 0) is 9.59 Å². The molecule has 1 aromatic carbocycles. The second-order valence-electron chi connectivity index (χ2n) is 9.16. The van der Waals surface area contributed by atoms with Crippen molar-refractivity contribution in [2.24, 2.45) is 23.5 Å². The van der Waals surface area contributed by atoms with Crippen LogP contribution in [0.3, 0.4) is 0 Å². The number of benzene rings is 1. The lowest BCUT2D eigenvalue weighted by atomic mass is 9.65. The van der Waals surface area contributed by atoms with E-state index in [-0.39, 0.29) is 23.8 Å². The summed E-state index contributed by atoms with van der Waals surface area (Å²) in [6.07, 6.45) is 7.63. The number of nitrogens with two attached hydrogens (primary N) is 1. The molecule has 3 aliphatic rings. The minimum absolute atomic E-state index is 0.00210. The largest absolute Gasteiger partial charge is 0.371 e. The quantitative estimate of drug-likeness (QED) is 0.712. The third kappa shape index (κ3) is 4.58. The number of hydrogen-bond donors (Lipinski definition) is 3. The van der Waals surface area contributed by atoms with E-state index in [1.54, 1.807) is 6.92 Å². The fourth-order valence-electron chi connectivity index (χ4n) is 5.41. The van der Waals surface area contributed by atoms with Crippen molar-refractivity contribution < 1.29 is 9.59 Å². The summed E-state index contributed by atoms with van der Waals surface area (Å²) in [5.74, 6) is 0.720. The molecule has 6 nitrogen and oxygen atoms in total. The molecule has 1 aliphatic heterocycles. The second-order valence-corrected chi connectivity index (χ2v) is 9.16. The van der Waals surface area contributed by atoms with Gasteiger partial charge in [-0.3, -0.25) is 9.59 Å². The molecule has 1 aromatic rings. The lowest BCUT2D eigenvalue weighted by molar-refractivity contribution is -0.131. The number of nitrogens with one attached hydrogen (secondary N) is 2. The Morgan fingerprint density at radius 2 is 1.79 bits per heavy atom. The third-order valence-electron chi connectivity index (χ3n) is 7.12. The molecule has 3 atom stereocenters. The molecule has 158 valence electrons. The topological polar surface area (TPSA) is 87.5 Å². The Morgan fingerprint density at radius 3 is 2.48 bits per heavy atom. The monoisotopic (exact) mass is 398 g/mol. The van der Waals surface area contributed by atoms with Crippen LogP contribution >= 0.6 is 0 Å². The number of anilines is 2. The average Bonchev–Trinajstić information content (AvgIpc) is 3.22. The van der Waals surface area contributed by atoms with E-state index in [1.165, 1.54) is 19.3 Å². The zero-order chi connectivity index (χ0) is 20.4. The maximum atomic E-state index is 12.8. The Labute approximate surface area is 173 Å². The first-order valence-corrected chi connectivity index (χ1v) is 11.2. The third-order valence-corrected chi connectivity index (χ3v) is 7.12. The van der Waals surface area contributed by atoms with Crippen molar-refractivity contribution in [1.82, 2.24) is 5.32 Å². The van der Waals surface area contributed by atoms with Crippen LogP contribution in [0.4, 0.5) is 11.4 Å². The van der Waals surface area contributed by atoms with Gasteiger partial charge in [-0.2, -0.15) is 0 Å². The maximum Gasteiger partial charge on any atom is 0.246 e. The minimum atomic E-state index is -0.562. The van der Waals surface area contributed by atoms with E-state index < -0.39 is 6.04 Å². The Hall–Kier alpha value is -2.08. The zero-order valence-corrected chi connectivity index (χ0v) is 17.4. The SMILES string of the molecule is CC(NC(=O)C1CC2CCCC(C1)C2N)C(=O)Nc1cccc(N2CCCC2)c1. The van der Waals surface area contributed by atoms with E-state index in [1.807, 2.05) is 18.2 Å². The van der Waals surface area contributed by atoms with Crippen LogP contribution in [-0.4, -0.2) is 37.0 Å². The molecule has 3 fully saturated rings. The van der Waals surface area contributed by atoms with Gasteiger partial charge in [0.1, 0.15) is 6.04 Å². The summed E-state index contributed by atoms with van der Waals surface area (Å²) in [4.78, 5) is 27.8. The molecule has 3 unspecified atom stereocenters. The van der Waals surface area contributed by atoms with E-state index in [4.69, 9.17) is 5.73 Å². The van der Waals surface area contributed by atoms with Gasteiger partial charge in [0.05, 0.1) is 0 Å². The molecule has 4 N–H and O–H groups in total. The van der Waals surface area contributed by atoms with Crippen LogP contribution in [0.15, 0.2) is 24.3 Å². The summed E-state index contributed by atoms with van der Waals surface area (Å²) in [6.45, 7) is 3.89. The van der Waals surface area contributed by atoms with Gasteiger partial charge in [-0.25, -0.2) is 0 Å². The van der Waals surface area contributed by atoms with Gasteiger partial charge in [0.25, 0.3) is 0 Å². The van der Waals surface area contributed by atoms with Crippen LogP contribution in [0, 0.1) is 17.8 Å². The van der Waals surface area contributed by atoms with Crippen LogP contribution in [0.25, 0.3) is 0 Å². The van der Waals surface area contributed by atoms with E-state index in [0.29, 0.717) is 11.8 Å². The van der Waals surface area contributed by atoms with Gasteiger partial charge in [0, 0.05) is 36.4 Å². The highest BCUT2D eigenvalue weighted by atomic mass is 16.2. The van der Waals surface area contributed by atoms with Gasteiger partial charge in [0.2, 0.25) is 11.8 Å². The predicted molar refractivity (Wildman–Crippen MR) is 116 cm³/mol. The molecule has 1 saturated heterocycles. The van der Waals surface area contributed by atoms with E-state index in [9.17, 15) is 9.59 Å². The molecule has 29 heavy (non-hydrogen) atoms. The molecule has 0 spiro atoms. The van der Waals surface area contributed by atoms with Gasteiger partial charge in [-0.15, -0.1) is 0 Å². The number of nitrogens with zero attached hydrogens (tertiary/aromatic N) is 1. The zero-order valence-electron chi connectivity index (χ0n) is 17.4. The highest BCUT2D eigenvalue weighted by Crippen LogP contribution is 2.41. The Morgan fingerprint density at radius 1 is 1.10 bits per heavy atom. The van der Waals surface area contributed by atoms with E-state index >= 15 is 0 Å². The first kappa shape index (κ1) is 20.2. The van der Waals surface area contributed by atoms with E-state index in [2.05, 4.69) is 21.6 Å². The molecule has 2 aliphatic carbocycles. The van der Waals surface area contributed by atoms with Crippen molar-refractivity contribution in [2.45, 2.75) is 64.0 Å². The number of amides is 2. The highest BCUT2D eigenvalue weighted by molar-refractivity contribution is 5.97. The minimum Gasteiger partial charge on any atom is -0.371 e. The van der Waals surface area contributed by atoms with Crippen molar-refractivity contribution in [2.75, 3.05) is 23.3 Å². The molecular formula is C23H34N4O2. The molecule has 6 heteroatoms. The summed E-state index contributed by atoms with van der Waals surface area (Å²) < 4.78 is 0. The van der Waals surface area contributed by atoms with Gasteiger partial charge in [0.15, 0.2) is 0 Å². The average molecular weight is 399 g/mol.